The molecule has 17 heavy (non-hydrogen) atoms. The van der Waals surface area contributed by atoms with Crippen LogP contribution in [0.3, 0.4) is 0 Å². The molecule has 2 aromatic rings. The Labute approximate surface area is 101 Å². The predicted molar refractivity (Wildman–Crippen MR) is 61.3 cm³/mol. The van der Waals surface area contributed by atoms with Crippen LogP contribution in [0, 0.1) is 5.82 Å². The molecular formula is C11H7ClFN3O. The summed E-state index contributed by atoms with van der Waals surface area (Å²) in [6.07, 6.45) is 3.60. The van der Waals surface area contributed by atoms with Gasteiger partial charge in [0.1, 0.15) is 5.82 Å². The summed E-state index contributed by atoms with van der Waals surface area (Å²) in [5.41, 5.74) is 5.51. The van der Waals surface area contributed by atoms with Crippen molar-refractivity contribution in [3.8, 4) is 0 Å². The van der Waals surface area contributed by atoms with Crippen LogP contribution in [0.1, 0.15) is 15.9 Å². The third-order valence-electron chi connectivity index (χ3n) is 2.15. The van der Waals surface area contributed by atoms with Gasteiger partial charge in [0.05, 0.1) is 22.3 Å². The number of aromatic nitrogens is 2. The molecule has 0 aromatic carbocycles. The van der Waals surface area contributed by atoms with E-state index in [1.165, 1.54) is 24.5 Å². The summed E-state index contributed by atoms with van der Waals surface area (Å²) in [6.45, 7) is 0. The highest BCUT2D eigenvalue weighted by atomic mass is 35.5. The van der Waals surface area contributed by atoms with Crippen LogP contribution in [0.25, 0.3) is 0 Å². The van der Waals surface area contributed by atoms with Gasteiger partial charge in [-0.15, -0.1) is 0 Å². The SMILES string of the molecule is Nc1ncc(Cl)cc1C(=O)c1ccncc1F. The molecule has 0 unspecified atom stereocenters. The summed E-state index contributed by atoms with van der Waals surface area (Å²) in [6, 6.07) is 2.63. The van der Waals surface area contributed by atoms with Crippen molar-refractivity contribution in [1.82, 2.24) is 9.97 Å². The summed E-state index contributed by atoms with van der Waals surface area (Å²) in [5, 5.41) is 0.261. The molecule has 2 rings (SSSR count). The molecule has 0 saturated carbocycles. The summed E-state index contributed by atoms with van der Waals surface area (Å²) in [7, 11) is 0. The van der Waals surface area contributed by atoms with Crippen molar-refractivity contribution in [3.63, 3.8) is 0 Å². The maximum absolute atomic E-state index is 13.4. The van der Waals surface area contributed by atoms with Crippen LogP contribution in [0.15, 0.2) is 30.7 Å². The topological polar surface area (TPSA) is 68.9 Å². The lowest BCUT2D eigenvalue weighted by atomic mass is 10.1. The molecule has 0 fully saturated rings. The van der Waals surface area contributed by atoms with Crippen molar-refractivity contribution in [1.29, 1.82) is 0 Å². The van der Waals surface area contributed by atoms with E-state index >= 15 is 0 Å². The lowest BCUT2D eigenvalue weighted by Crippen LogP contribution is -2.09. The largest absolute Gasteiger partial charge is 0.383 e. The monoisotopic (exact) mass is 251 g/mol. The van der Waals surface area contributed by atoms with E-state index in [2.05, 4.69) is 9.97 Å². The maximum atomic E-state index is 13.4. The summed E-state index contributed by atoms with van der Waals surface area (Å²) < 4.78 is 13.4. The minimum absolute atomic E-state index is 0.00983. The molecule has 0 aliphatic heterocycles. The Morgan fingerprint density at radius 1 is 1.35 bits per heavy atom. The first-order valence-corrected chi connectivity index (χ1v) is 5.02. The first-order valence-electron chi connectivity index (χ1n) is 4.65. The number of rotatable bonds is 2. The van der Waals surface area contributed by atoms with E-state index in [1.807, 2.05) is 0 Å². The molecule has 0 aliphatic carbocycles. The second kappa shape index (κ2) is 4.47. The first-order chi connectivity index (χ1) is 8.09. The third-order valence-corrected chi connectivity index (χ3v) is 2.35. The molecule has 2 N–H and O–H groups in total. The zero-order valence-corrected chi connectivity index (χ0v) is 9.28. The zero-order chi connectivity index (χ0) is 12.4. The number of carbonyl (C=O) groups excluding carboxylic acids is 1. The number of nitrogens with zero attached hydrogens (tertiary/aromatic N) is 2. The first kappa shape index (κ1) is 11.5. The van der Waals surface area contributed by atoms with Crippen LogP contribution < -0.4 is 5.73 Å². The highest BCUT2D eigenvalue weighted by Crippen LogP contribution is 2.19. The number of nitrogen functional groups attached to an aromatic ring is 1. The molecule has 0 amide bonds. The summed E-state index contributed by atoms with van der Waals surface area (Å²) >= 11 is 5.71. The lowest BCUT2D eigenvalue weighted by Gasteiger charge is -2.05. The Morgan fingerprint density at radius 3 is 2.82 bits per heavy atom. The van der Waals surface area contributed by atoms with Crippen LogP contribution >= 0.6 is 11.6 Å². The number of ketones is 1. The number of hydrogen-bond donors (Lipinski definition) is 1. The highest BCUT2D eigenvalue weighted by molar-refractivity contribution is 6.31. The summed E-state index contributed by atoms with van der Waals surface area (Å²) in [4.78, 5) is 19.3. The Balaban J connectivity index is 2.51. The van der Waals surface area contributed by atoms with Crippen LogP contribution in [-0.2, 0) is 0 Å². The number of nitrogens with two attached hydrogens (primary N) is 1. The third kappa shape index (κ3) is 2.24. The molecule has 0 bridgehead atoms. The normalized spacial score (nSPS) is 10.2. The van der Waals surface area contributed by atoms with Crippen LogP contribution in [-0.4, -0.2) is 15.8 Å². The quantitative estimate of drug-likeness (QED) is 0.830. The van der Waals surface area contributed by atoms with Crippen molar-refractivity contribution in [2.24, 2.45) is 0 Å². The number of pyridine rings is 2. The molecule has 6 heteroatoms. The molecule has 0 radical (unpaired) electrons. The summed E-state index contributed by atoms with van der Waals surface area (Å²) in [5.74, 6) is -1.27. The minimum Gasteiger partial charge on any atom is -0.383 e. The fraction of sp³-hybridized carbons (Fsp3) is 0. The molecule has 4 nitrogen and oxygen atoms in total. The van der Waals surface area contributed by atoms with Crippen molar-refractivity contribution in [3.05, 3.63) is 52.7 Å². The number of halogens is 2. The maximum Gasteiger partial charge on any atom is 0.199 e. The van der Waals surface area contributed by atoms with E-state index in [1.54, 1.807) is 0 Å². The van der Waals surface area contributed by atoms with Gasteiger partial charge in [-0.3, -0.25) is 9.78 Å². The van der Waals surface area contributed by atoms with Gasteiger partial charge in [-0.2, -0.15) is 0 Å². The van der Waals surface area contributed by atoms with Gasteiger partial charge in [0, 0.05) is 12.4 Å². The lowest BCUT2D eigenvalue weighted by molar-refractivity contribution is 0.103. The fourth-order valence-electron chi connectivity index (χ4n) is 1.34. The zero-order valence-electron chi connectivity index (χ0n) is 8.52. The number of carbonyl (C=O) groups is 1. The number of anilines is 1. The van der Waals surface area contributed by atoms with E-state index in [4.69, 9.17) is 17.3 Å². The molecule has 0 aliphatic rings. The van der Waals surface area contributed by atoms with Gasteiger partial charge in [0.2, 0.25) is 0 Å². The average Bonchev–Trinajstić information content (AvgIpc) is 2.32. The van der Waals surface area contributed by atoms with Gasteiger partial charge in [-0.25, -0.2) is 9.37 Å². The second-order valence-corrected chi connectivity index (χ2v) is 3.71. The van der Waals surface area contributed by atoms with Crippen LogP contribution in [0.4, 0.5) is 10.2 Å². The fourth-order valence-corrected chi connectivity index (χ4v) is 1.49. The molecule has 0 saturated heterocycles. The van der Waals surface area contributed by atoms with Gasteiger partial charge >= 0.3 is 0 Å². The molecular weight excluding hydrogens is 245 g/mol. The number of hydrogen-bond acceptors (Lipinski definition) is 4. The van der Waals surface area contributed by atoms with Gasteiger partial charge in [0.25, 0.3) is 0 Å². The van der Waals surface area contributed by atoms with Crippen molar-refractivity contribution >= 4 is 23.2 Å². The van der Waals surface area contributed by atoms with Gasteiger partial charge in [0.15, 0.2) is 11.6 Å². The molecule has 2 heterocycles. The van der Waals surface area contributed by atoms with Gasteiger partial charge in [-0.05, 0) is 12.1 Å². The van der Waals surface area contributed by atoms with Gasteiger partial charge < -0.3 is 5.73 Å². The molecule has 0 atom stereocenters. The van der Waals surface area contributed by atoms with Gasteiger partial charge in [-0.1, -0.05) is 11.6 Å². The Hall–Kier alpha value is -2.01. The van der Waals surface area contributed by atoms with Crippen LogP contribution in [0.5, 0.6) is 0 Å². The Bertz CT molecular complexity index is 589. The molecule has 86 valence electrons. The van der Waals surface area contributed by atoms with Crippen molar-refractivity contribution < 1.29 is 9.18 Å². The van der Waals surface area contributed by atoms with Crippen molar-refractivity contribution in [2.45, 2.75) is 0 Å². The average molecular weight is 252 g/mol. The molecule has 0 spiro atoms. The minimum atomic E-state index is -0.711. The van der Waals surface area contributed by atoms with E-state index in [9.17, 15) is 9.18 Å². The molecule has 2 aromatic heterocycles. The van der Waals surface area contributed by atoms with E-state index in [-0.39, 0.29) is 22.0 Å². The standard InChI is InChI=1S/C11H7ClFN3O/c12-6-3-8(11(14)16-4-6)10(17)7-1-2-15-5-9(7)13/h1-5H,(H2,14,16). The predicted octanol–water partition coefficient (Wildman–Crippen LogP) is 2.08. The smallest absolute Gasteiger partial charge is 0.199 e. The Kier molecular flexibility index (Phi) is 3.01. The second-order valence-electron chi connectivity index (χ2n) is 3.27. The Morgan fingerprint density at radius 2 is 2.12 bits per heavy atom. The van der Waals surface area contributed by atoms with E-state index in [0.29, 0.717) is 0 Å². The van der Waals surface area contributed by atoms with Crippen LogP contribution in [0.2, 0.25) is 5.02 Å². The van der Waals surface area contributed by atoms with Crippen molar-refractivity contribution in [2.75, 3.05) is 5.73 Å². The van der Waals surface area contributed by atoms with E-state index < -0.39 is 11.6 Å². The highest BCUT2D eigenvalue weighted by Gasteiger charge is 2.17. The van der Waals surface area contributed by atoms with E-state index in [0.717, 1.165) is 6.20 Å².